The van der Waals surface area contributed by atoms with Gasteiger partial charge >= 0.3 is 5.97 Å². The number of hydrogen-bond donors (Lipinski definition) is 2. The molecule has 0 aromatic carbocycles. The van der Waals surface area contributed by atoms with Crippen molar-refractivity contribution in [2.75, 3.05) is 0 Å². The number of aliphatic carboxylic acids is 1. The molecule has 0 aliphatic rings. The van der Waals surface area contributed by atoms with Gasteiger partial charge in [-0.25, -0.2) is 9.78 Å². The highest BCUT2D eigenvalue weighted by Gasteiger charge is 2.02. The second-order valence-corrected chi connectivity index (χ2v) is 3.33. The molecule has 2 aromatic rings. The average Bonchev–Trinajstić information content (AvgIpc) is 2.57. The number of aromatic nitrogens is 2. The quantitative estimate of drug-likeness (QED) is 0.605. The molecule has 0 radical (unpaired) electrons. The largest absolute Gasteiger partial charge is 0.478 e. The van der Waals surface area contributed by atoms with Crippen LogP contribution in [-0.4, -0.2) is 21.0 Å². The van der Waals surface area contributed by atoms with E-state index in [1.54, 1.807) is 18.3 Å². The molecule has 0 saturated heterocycles. The van der Waals surface area contributed by atoms with Crippen molar-refractivity contribution in [1.82, 2.24) is 9.97 Å². The molecule has 0 bridgehead atoms. The van der Waals surface area contributed by atoms with E-state index in [0.717, 1.165) is 17.0 Å². The van der Waals surface area contributed by atoms with Crippen molar-refractivity contribution in [3.8, 4) is 0 Å². The van der Waals surface area contributed by atoms with Crippen LogP contribution in [0.4, 0.5) is 0 Å². The average molecular weight is 223 g/mol. The molecule has 0 aliphatic carbocycles. The number of pyridine rings is 1. The van der Waals surface area contributed by atoms with Gasteiger partial charge in [0.1, 0.15) is 10.8 Å². The number of H-pyrrole nitrogens is 1. The number of carbonyl (C=O) groups is 1. The lowest BCUT2D eigenvalue weighted by Gasteiger charge is -1.91. The third-order valence-electron chi connectivity index (χ3n) is 1.94. The Morgan fingerprint density at radius 2 is 2.33 bits per heavy atom. The molecule has 0 amide bonds. The molecule has 0 atom stereocenters. The van der Waals surface area contributed by atoms with Gasteiger partial charge in [-0.15, -0.1) is 0 Å². The summed E-state index contributed by atoms with van der Waals surface area (Å²) in [7, 11) is 0. The third kappa shape index (κ3) is 1.99. The first-order valence-electron chi connectivity index (χ1n) is 4.21. The van der Waals surface area contributed by atoms with Crippen LogP contribution in [0.2, 0.25) is 5.15 Å². The number of nitrogens with one attached hydrogen (secondary N) is 1. The molecule has 5 heteroatoms. The fourth-order valence-corrected chi connectivity index (χ4v) is 1.45. The van der Waals surface area contributed by atoms with Crippen molar-refractivity contribution in [3.05, 3.63) is 35.1 Å². The van der Waals surface area contributed by atoms with Crippen LogP contribution in [0.1, 0.15) is 5.56 Å². The Morgan fingerprint density at radius 3 is 3.07 bits per heavy atom. The zero-order chi connectivity index (χ0) is 10.8. The van der Waals surface area contributed by atoms with Gasteiger partial charge in [0.2, 0.25) is 0 Å². The summed E-state index contributed by atoms with van der Waals surface area (Å²) < 4.78 is 0. The third-order valence-corrected chi connectivity index (χ3v) is 2.15. The fourth-order valence-electron chi connectivity index (χ4n) is 1.30. The second kappa shape index (κ2) is 3.74. The Hall–Kier alpha value is -1.81. The maximum atomic E-state index is 10.4. The Kier molecular flexibility index (Phi) is 2.43. The Morgan fingerprint density at radius 1 is 1.53 bits per heavy atom. The summed E-state index contributed by atoms with van der Waals surface area (Å²) >= 11 is 5.71. The summed E-state index contributed by atoms with van der Waals surface area (Å²) in [6.45, 7) is 0. The van der Waals surface area contributed by atoms with Crippen molar-refractivity contribution in [2.24, 2.45) is 0 Å². The van der Waals surface area contributed by atoms with Gasteiger partial charge in [-0.1, -0.05) is 11.6 Å². The number of rotatable bonds is 2. The Bertz CT molecular complexity index is 545. The summed E-state index contributed by atoms with van der Waals surface area (Å²) in [5.41, 5.74) is 1.42. The van der Waals surface area contributed by atoms with Crippen LogP contribution >= 0.6 is 11.6 Å². The van der Waals surface area contributed by atoms with E-state index < -0.39 is 5.97 Å². The standard InChI is InChI=1S/C10H7ClN2O2/c11-8-3-2-7-6(1-4-9(14)15)5-12-10(7)13-8/h1-5H,(H,12,13)(H,14,15)/b4-1+. The van der Waals surface area contributed by atoms with Gasteiger partial charge in [-0.2, -0.15) is 0 Å². The van der Waals surface area contributed by atoms with Gasteiger partial charge in [0.25, 0.3) is 0 Å². The number of carboxylic acid groups (broad SMARTS) is 1. The molecule has 2 N–H and O–H groups in total. The van der Waals surface area contributed by atoms with Crippen LogP contribution in [0.3, 0.4) is 0 Å². The second-order valence-electron chi connectivity index (χ2n) is 2.95. The first-order chi connectivity index (χ1) is 7.16. The molecule has 0 unspecified atom stereocenters. The highest BCUT2D eigenvalue weighted by molar-refractivity contribution is 6.29. The highest BCUT2D eigenvalue weighted by atomic mass is 35.5. The predicted molar refractivity (Wildman–Crippen MR) is 57.8 cm³/mol. The smallest absolute Gasteiger partial charge is 0.328 e. The molecule has 4 nitrogen and oxygen atoms in total. The lowest BCUT2D eigenvalue weighted by atomic mass is 10.2. The van der Waals surface area contributed by atoms with Crippen molar-refractivity contribution >= 4 is 34.7 Å². The normalized spacial score (nSPS) is 11.3. The molecule has 0 fully saturated rings. The van der Waals surface area contributed by atoms with Crippen LogP contribution in [0.15, 0.2) is 24.4 Å². The minimum absolute atomic E-state index is 0.401. The zero-order valence-electron chi connectivity index (χ0n) is 7.57. The van der Waals surface area contributed by atoms with E-state index in [9.17, 15) is 4.79 Å². The lowest BCUT2D eigenvalue weighted by molar-refractivity contribution is -0.131. The van der Waals surface area contributed by atoms with E-state index in [0.29, 0.717) is 10.8 Å². The summed E-state index contributed by atoms with van der Waals surface area (Å²) in [4.78, 5) is 17.3. The maximum Gasteiger partial charge on any atom is 0.328 e. The summed E-state index contributed by atoms with van der Waals surface area (Å²) in [6, 6.07) is 3.46. The fraction of sp³-hybridized carbons (Fsp3) is 0. The van der Waals surface area contributed by atoms with Gasteiger partial charge in [0.15, 0.2) is 0 Å². The molecule has 0 spiro atoms. The molecular formula is C10H7ClN2O2. The number of nitrogens with zero attached hydrogens (tertiary/aromatic N) is 1. The van der Waals surface area contributed by atoms with Gasteiger partial charge in [-0.05, 0) is 18.2 Å². The topological polar surface area (TPSA) is 66.0 Å². The predicted octanol–water partition coefficient (Wildman–Crippen LogP) is 2.31. The number of halogens is 1. The summed E-state index contributed by atoms with van der Waals surface area (Å²) in [5.74, 6) is -0.980. The minimum Gasteiger partial charge on any atom is -0.478 e. The van der Waals surface area contributed by atoms with Crippen molar-refractivity contribution < 1.29 is 9.90 Å². The highest BCUT2D eigenvalue weighted by Crippen LogP contribution is 2.19. The molecule has 2 rings (SSSR count). The summed E-state index contributed by atoms with van der Waals surface area (Å²) in [5, 5.41) is 9.74. The van der Waals surface area contributed by atoms with Gasteiger partial charge in [0, 0.05) is 23.2 Å². The van der Waals surface area contributed by atoms with Gasteiger partial charge in [0.05, 0.1) is 0 Å². The monoisotopic (exact) mass is 222 g/mol. The van der Waals surface area contributed by atoms with Gasteiger partial charge in [-0.3, -0.25) is 0 Å². The maximum absolute atomic E-state index is 10.4. The molecule has 0 saturated carbocycles. The first kappa shape index (κ1) is 9.73. The van der Waals surface area contributed by atoms with Crippen LogP contribution in [-0.2, 0) is 4.79 Å². The number of fused-ring (bicyclic) bond motifs is 1. The van der Waals surface area contributed by atoms with E-state index in [-0.39, 0.29) is 0 Å². The van der Waals surface area contributed by atoms with Crippen molar-refractivity contribution in [3.63, 3.8) is 0 Å². The van der Waals surface area contributed by atoms with Crippen LogP contribution in [0.5, 0.6) is 0 Å². The number of aromatic amines is 1. The zero-order valence-corrected chi connectivity index (χ0v) is 8.32. The molecule has 0 aliphatic heterocycles. The van der Waals surface area contributed by atoms with Crippen LogP contribution in [0.25, 0.3) is 17.1 Å². The van der Waals surface area contributed by atoms with E-state index in [4.69, 9.17) is 16.7 Å². The number of carboxylic acids is 1. The van der Waals surface area contributed by atoms with E-state index in [1.807, 2.05) is 0 Å². The van der Waals surface area contributed by atoms with Crippen LogP contribution < -0.4 is 0 Å². The number of hydrogen-bond acceptors (Lipinski definition) is 2. The molecule has 76 valence electrons. The Balaban J connectivity index is 2.50. The van der Waals surface area contributed by atoms with Crippen molar-refractivity contribution in [1.29, 1.82) is 0 Å². The van der Waals surface area contributed by atoms with Crippen molar-refractivity contribution in [2.45, 2.75) is 0 Å². The van der Waals surface area contributed by atoms with E-state index >= 15 is 0 Å². The SMILES string of the molecule is O=C(O)/C=C/c1c[nH]c2nc(Cl)ccc12. The van der Waals surface area contributed by atoms with Gasteiger partial charge < -0.3 is 10.1 Å². The molecule has 2 heterocycles. The molecule has 2 aromatic heterocycles. The van der Waals surface area contributed by atoms with Crippen LogP contribution in [0, 0.1) is 0 Å². The Labute approximate surface area is 90.2 Å². The minimum atomic E-state index is -0.980. The summed E-state index contributed by atoms with van der Waals surface area (Å²) in [6.07, 6.45) is 4.28. The first-order valence-corrected chi connectivity index (χ1v) is 4.59. The van der Waals surface area contributed by atoms with E-state index in [1.165, 1.54) is 6.08 Å². The van der Waals surface area contributed by atoms with E-state index in [2.05, 4.69) is 9.97 Å². The molecule has 15 heavy (non-hydrogen) atoms. The lowest BCUT2D eigenvalue weighted by Crippen LogP contribution is -1.85. The molecular weight excluding hydrogens is 216 g/mol.